The number of hydrogen-bond acceptors (Lipinski definition) is 5. The van der Waals surface area contributed by atoms with E-state index in [9.17, 15) is 4.79 Å². The molecular formula is C19H24Cl2N4O3. The van der Waals surface area contributed by atoms with Crippen molar-refractivity contribution in [3.05, 3.63) is 40.7 Å². The molecule has 3 heterocycles. The van der Waals surface area contributed by atoms with Crippen LogP contribution in [-0.2, 0) is 6.42 Å². The lowest BCUT2D eigenvalue weighted by Gasteiger charge is -2.22. The molecule has 0 aliphatic carbocycles. The summed E-state index contributed by atoms with van der Waals surface area (Å²) in [6, 6.07) is 5.86. The average Bonchev–Trinajstić information content (AvgIpc) is 3.19. The smallest absolute Gasteiger partial charge is 0.271 e. The minimum atomic E-state index is -0.166. The van der Waals surface area contributed by atoms with Crippen LogP contribution in [0.15, 0.2) is 24.4 Å². The monoisotopic (exact) mass is 426 g/mol. The molecule has 1 fully saturated rings. The maximum atomic E-state index is 12.4. The summed E-state index contributed by atoms with van der Waals surface area (Å²) in [6.45, 7) is 3.46. The lowest BCUT2D eigenvalue weighted by atomic mass is 10.1. The predicted molar refractivity (Wildman–Crippen MR) is 109 cm³/mol. The Morgan fingerprint density at radius 2 is 2.21 bits per heavy atom. The predicted octanol–water partition coefficient (Wildman–Crippen LogP) is 2.63. The number of fused-ring (bicyclic) bond motifs is 1. The number of nitrogens with zero attached hydrogens (tertiary/aromatic N) is 2. The van der Waals surface area contributed by atoms with Crippen molar-refractivity contribution in [1.82, 2.24) is 20.4 Å². The zero-order valence-electron chi connectivity index (χ0n) is 15.4. The van der Waals surface area contributed by atoms with Crippen LogP contribution in [0.2, 0.25) is 5.02 Å². The van der Waals surface area contributed by atoms with Gasteiger partial charge in [-0.05, 0) is 49.6 Å². The Hall–Kier alpha value is -1.96. The Labute approximate surface area is 175 Å². The summed E-state index contributed by atoms with van der Waals surface area (Å²) < 4.78 is 13.0. The van der Waals surface area contributed by atoms with Crippen molar-refractivity contribution in [2.45, 2.75) is 25.3 Å². The van der Waals surface area contributed by atoms with Crippen molar-refractivity contribution in [3.8, 4) is 11.5 Å². The molecule has 2 aliphatic rings. The van der Waals surface area contributed by atoms with Gasteiger partial charge in [0.05, 0.1) is 11.1 Å². The Bertz CT molecular complexity index is 822. The van der Waals surface area contributed by atoms with Gasteiger partial charge in [0.25, 0.3) is 5.91 Å². The second-order valence-electron chi connectivity index (χ2n) is 6.79. The molecule has 1 unspecified atom stereocenters. The summed E-state index contributed by atoms with van der Waals surface area (Å²) in [4.78, 5) is 12.4. The summed E-state index contributed by atoms with van der Waals surface area (Å²) >= 11 is 6.25. The Balaban J connectivity index is 0.00000225. The molecule has 2 aromatic rings. The number of amides is 1. The van der Waals surface area contributed by atoms with Crippen molar-refractivity contribution in [3.63, 3.8) is 0 Å². The summed E-state index contributed by atoms with van der Waals surface area (Å²) in [5, 5.41) is 11.3. The average molecular weight is 427 g/mol. The number of piperidine rings is 1. The summed E-state index contributed by atoms with van der Waals surface area (Å²) in [6.07, 6.45) is 4.74. The van der Waals surface area contributed by atoms with E-state index < -0.39 is 0 Å². The van der Waals surface area contributed by atoms with Gasteiger partial charge in [-0.15, -0.1) is 12.4 Å². The van der Waals surface area contributed by atoms with Crippen LogP contribution in [0, 0.1) is 0 Å². The maximum Gasteiger partial charge on any atom is 0.271 e. The van der Waals surface area contributed by atoms with Crippen molar-refractivity contribution in [1.29, 1.82) is 0 Å². The molecule has 1 aromatic carbocycles. The molecule has 1 saturated heterocycles. The standard InChI is InChI=1S/C19H23ClN4O3.ClH/c20-15-10-13(11-17-18(15)27-9-8-26-17)3-6-22-19(25)16-4-7-24(23-16)14-2-1-5-21-12-14;/h4,7,10-11,14,21H,1-3,5-6,8-9,12H2,(H,22,25);1H. The fraction of sp³-hybridized carbons (Fsp3) is 0.474. The number of hydrogen-bond donors (Lipinski definition) is 2. The molecule has 152 valence electrons. The van der Waals surface area contributed by atoms with Crippen LogP contribution in [0.1, 0.15) is 34.9 Å². The zero-order chi connectivity index (χ0) is 18.6. The minimum Gasteiger partial charge on any atom is -0.486 e. The maximum absolute atomic E-state index is 12.4. The first-order valence-electron chi connectivity index (χ1n) is 9.33. The molecule has 0 radical (unpaired) electrons. The van der Waals surface area contributed by atoms with E-state index in [0.29, 0.717) is 54.4 Å². The Morgan fingerprint density at radius 3 is 3.04 bits per heavy atom. The fourth-order valence-electron chi connectivity index (χ4n) is 3.44. The number of carbonyl (C=O) groups excluding carboxylic acids is 1. The van der Waals surface area contributed by atoms with Crippen LogP contribution in [-0.4, -0.2) is 48.5 Å². The third-order valence-electron chi connectivity index (χ3n) is 4.84. The van der Waals surface area contributed by atoms with E-state index >= 15 is 0 Å². The van der Waals surface area contributed by atoms with Gasteiger partial charge >= 0.3 is 0 Å². The number of rotatable bonds is 5. The van der Waals surface area contributed by atoms with Gasteiger partial charge in [0.1, 0.15) is 18.9 Å². The molecule has 1 atom stereocenters. The molecule has 9 heteroatoms. The van der Waals surface area contributed by atoms with Gasteiger partial charge in [0.15, 0.2) is 11.5 Å². The van der Waals surface area contributed by atoms with Crippen LogP contribution in [0.5, 0.6) is 11.5 Å². The highest BCUT2D eigenvalue weighted by Gasteiger charge is 2.18. The first-order valence-corrected chi connectivity index (χ1v) is 9.70. The van der Waals surface area contributed by atoms with Crippen molar-refractivity contribution in [2.24, 2.45) is 0 Å². The van der Waals surface area contributed by atoms with Gasteiger partial charge in [-0.1, -0.05) is 11.6 Å². The largest absolute Gasteiger partial charge is 0.486 e. The van der Waals surface area contributed by atoms with Crippen LogP contribution < -0.4 is 20.1 Å². The Morgan fingerprint density at radius 1 is 1.36 bits per heavy atom. The normalized spacial score (nSPS) is 18.2. The molecule has 28 heavy (non-hydrogen) atoms. The molecule has 7 nitrogen and oxygen atoms in total. The van der Waals surface area contributed by atoms with Gasteiger partial charge in [0, 0.05) is 19.3 Å². The summed E-state index contributed by atoms with van der Waals surface area (Å²) in [5.41, 5.74) is 1.43. The summed E-state index contributed by atoms with van der Waals surface area (Å²) in [7, 11) is 0. The molecule has 0 saturated carbocycles. The fourth-order valence-corrected chi connectivity index (χ4v) is 3.73. The van der Waals surface area contributed by atoms with E-state index in [-0.39, 0.29) is 18.3 Å². The first-order chi connectivity index (χ1) is 13.2. The van der Waals surface area contributed by atoms with Crippen LogP contribution >= 0.6 is 24.0 Å². The van der Waals surface area contributed by atoms with E-state index in [1.165, 1.54) is 0 Å². The highest BCUT2D eigenvalue weighted by Crippen LogP contribution is 2.38. The van der Waals surface area contributed by atoms with Crippen molar-refractivity contribution >= 4 is 29.9 Å². The second kappa shape index (κ2) is 9.49. The van der Waals surface area contributed by atoms with Gasteiger partial charge in [-0.25, -0.2) is 0 Å². The SMILES string of the molecule is Cl.O=C(NCCc1cc(Cl)c2c(c1)OCCO2)c1ccn(C2CCCNC2)n1. The first kappa shape index (κ1) is 20.8. The lowest BCUT2D eigenvalue weighted by Crippen LogP contribution is -2.32. The number of carbonyl (C=O) groups is 1. The molecule has 1 amide bonds. The number of benzene rings is 1. The minimum absolute atomic E-state index is 0. The highest BCUT2D eigenvalue weighted by atomic mass is 35.5. The van der Waals surface area contributed by atoms with Gasteiger partial charge in [-0.2, -0.15) is 5.10 Å². The van der Waals surface area contributed by atoms with E-state index in [2.05, 4.69) is 15.7 Å². The third kappa shape index (κ3) is 4.71. The Kier molecular flexibility index (Phi) is 7.04. The highest BCUT2D eigenvalue weighted by molar-refractivity contribution is 6.32. The topological polar surface area (TPSA) is 77.4 Å². The quantitative estimate of drug-likeness (QED) is 0.767. The lowest BCUT2D eigenvalue weighted by molar-refractivity contribution is 0.0947. The van der Waals surface area contributed by atoms with Gasteiger partial charge in [-0.3, -0.25) is 9.48 Å². The third-order valence-corrected chi connectivity index (χ3v) is 5.12. The molecular weight excluding hydrogens is 403 g/mol. The molecule has 0 spiro atoms. The molecule has 1 aromatic heterocycles. The van der Waals surface area contributed by atoms with E-state index in [1.54, 1.807) is 6.07 Å². The zero-order valence-corrected chi connectivity index (χ0v) is 17.0. The molecule has 4 rings (SSSR count). The second-order valence-corrected chi connectivity index (χ2v) is 7.20. The summed E-state index contributed by atoms with van der Waals surface area (Å²) in [5.74, 6) is 1.09. The number of aromatic nitrogens is 2. The molecule has 2 N–H and O–H groups in total. The van der Waals surface area contributed by atoms with Crippen LogP contribution in [0.4, 0.5) is 0 Å². The van der Waals surface area contributed by atoms with Gasteiger partial charge in [0.2, 0.25) is 0 Å². The molecule has 2 aliphatic heterocycles. The van der Waals surface area contributed by atoms with Crippen molar-refractivity contribution < 1.29 is 14.3 Å². The molecule has 0 bridgehead atoms. The van der Waals surface area contributed by atoms with E-state index in [4.69, 9.17) is 21.1 Å². The van der Waals surface area contributed by atoms with Crippen molar-refractivity contribution in [2.75, 3.05) is 32.8 Å². The number of halogens is 2. The number of nitrogens with one attached hydrogen (secondary N) is 2. The number of ether oxygens (including phenoxy) is 2. The van der Waals surface area contributed by atoms with Gasteiger partial charge < -0.3 is 20.1 Å². The van der Waals surface area contributed by atoms with E-state index in [1.807, 2.05) is 23.0 Å². The van der Waals surface area contributed by atoms with E-state index in [0.717, 1.165) is 31.5 Å². The van der Waals surface area contributed by atoms with Crippen LogP contribution in [0.3, 0.4) is 0 Å². The van der Waals surface area contributed by atoms with Crippen LogP contribution in [0.25, 0.3) is 0 Å².